The number of imidazole rings is 1. The van der Waals surface area contributed by atoms with Gasteiger partial charge in [-0.25, -0.2) is 24.1 Å². The van der Waals surface area contributed by atoms with Crippen LogP contribution in [0.2, 0.25) is 0 Å². The van der Waals surface area contributed by atoms with Gasteiger partial charge >= 0.3 is 15.6 Å². The van der Waals surface area contributed by atoms with E-state index in [-0.39, 0.29) is 25.4 Å². The highest BCUT2D eigenvalue weighted by Gasteiger charge is 2.42. The van der Waals surface area contributed by atoms with Crippen LogP contribution in [0.5, 0.6) is 0 Å². The number of nitrogen functional groups attached to an aromatic ring is 1. The Morgan fingerprint density at radius 3 is 2.38 bits per heavy atom. The number of hydrogen-bond acceptors (Lipinski definition) is 12. The summed E-state index contributed by atoms with van der Waals surface area (Å²) in [6.45, 7) is -0.447. The molecule has 1 fully saturated rings. The van der Waals surface area contributed by atoms with Gasteiger partial charge < -0.3 is 30.1 Å². The Labute approximate surface area is 243 Å². The zero-order valence-corrected chi connectivity index (χ0v) is 24.3. The van der Waals surface area contributed by atoms with Crippen molar-refractivity contribution in [1.82, 2.24) is 19.5 Å². The van der Waals surface area contributed by atoms with Crippen LogP contribution in [-0.2, 0) is 27.4 Å². The van der Waals surface area contributed by atoms with Gasteiger partial charge in [0.05, 0.1) is 30.9 Å². The number of hydrogen-bond donors (Lipinski definition) is 4. The molecule has 42 heavy (non-hydrogen) atoms. The molecule has 2 aliphatic rings. The van der Waals surface area contributed by atoms with Gasteiger partial charge in [0.1, 0.15) is 30.3 Å². The molecule has 2 aliphatic heterocycles. The minimum atomic E-state index is -4.94. The van der Waals surface area contributed by atoms with Gasteiger partial charge in [0.25, 0.3) is 0 Å². The molecule has 18 heteroatoms. The van der Waals surface area contributed by atoms with Crippen LogP contribution in [0.1, 0.15) is 12.6 Å². The van der Waals surface area contributed by atoms with E-state index in [1.807, 2.05) is 53.4 Å². The average molecular weight is 637 g/mol. The Balaban J connectivity index is 1.11. The summed E-state index contributed by atoms with van der Waals surface area (Å²) < 4.78 is 47.3. The van der Waals surface area contributed by atoms with Gasteiger partial charge in [0.15, 0.2) is 11.5 Å². The van der Waals surface area contributed by atoms with Crippen LogP contribution < -0.4 is 10.6 Å². The van der Waals surface area contributed by atoms with Crippen molar-refractivity contribution in [2.24, 2.45) is 0 Å². The predicted molar refractivity (Wildman–Crippen MR) is 151 cm³/mol. The predicted octanol–water partition coefficient (Wildman–Crippen LogP) is 3.61. The Kier molecular flexibility index (Phi) is 8.11. The van der Waals surface area contributed by atoms with Crippen molar-refractivity contribution < 1.29 is 42.1 Å². The molecule has 0 aliphatic carbocycles. The number of nitrogens with zero attached hydrogens (tertiary/aromatic N) is 5. The third-order valence-corrected chi connectivity index (χ3v) is 9.31. The van der Waals surface area contributed by atoms with Gasteiger partial charge in [-0.1, -0.05) is 36.0 Å². The van der Waals surface area contributed by atoms with E-state index < -0.39 is 40.7 Å². The minimum Gasteiger partial charge on any atom is -0.382 e. The zero-order chi connectivity index (χ0) is 29.5. The first-order valence-electron chi connectivity index (χ1n) is 12.7. The molecule has 4 aromatic rings. The molecular formula is C24H26N6O9P2S. The van der Waals surface area contributed by atoms with E-state index in [1.165, 1.54) is 17.2 Å². The van der Waals surface area contributed by atoms with Gasteiger partial charge in [-0.2, -0.15) is 0 Å². The standard InChI is InChI=1S/C24H26N6O9P2S/c25-23-22-24(27-13-26-23)30(14-28-22)21-11-17(39-40(31,32)33)18(38-21)12-37-41(34,35)36-10-9-29-15-5-1-3-7-19(15)42-20-8-4-2-6-16(20)29/h1-8,13-14,17-18,21H,9-12H2,(H,34,35)(H2,25,26,27)(H2,31,32,33)/t17-,18+,21+/m0/s1. The number of phosphoric ester groups is 2. The lowest BCUT2D eigenvalue weighted by Crippen LogP contribution is -2.28. The maximum Gasteiger partial charge on any atom is 0.472 e. The summed E-state index contributed by atoms with van der Waals surface area (Å²) in [5, 5.41) is 0. The van der Waals surface area contributed by atoms with Gasteiger partial charge in [-0.3, -0.25) is 18.1 Å². The van der Waals surface area contributed by atoms with Crippen molar-refractivity contribution in [3.63, 3.8) is 0 Å². The average Bonchev–Trinajstić information content (AvgIpc) is 3.55. The number of phosphoric acid groups is 2. The molecule has 5 N–H and O–H groups in total. The molecule has 1 saturated heterocycles. The lowest BCUT2D eigenvalue weighted by atomic mass is 10.2. The molecule has 15 nitrogen and oxygen atoms in total. The highest BCUT2D eigenvalue weighted by Crippen LogP contribution is 2.49. The molecular weight excluding hydrogens is 610 g/mol. The number of fused-ring (bicyclic) bond motifs is 3. The second-order valence-electron chi connectivity index (χ2n) is 9.37. The molecule has 0 bridgehead atoms. The number of para-hydroxylation sites is 2. The van der Waals surface area contributed by atoms with Gasteiger partial charge in [0.2, 0.25) is 0 Å². The fourth-order valence-electron chi connectivity index (χ4n) is 4.86. The van der Waals surface area contributed by atoms with Crippen molar-refractivity contribution in [3.05, 3.63) is 61.2 Å². The van der Waals surface area contributed by atoms with E-state index in [4.69, 9.17) is 24.0 Å². The van der Waals surface area contributed by atoms with Crippen molar-refractivity contribution in [1.29, 1.82) is 0 Å². The van der Waals surface area contributed by atoms with Crippen molar-refractivity contribution in [2.45, 2.75) is 34.6 Å². The Morgan fingerprint density at radius 1 is 1.00 bits per heavy atom. The van der Waals surface area contributed by atoms with E-state index in [9.17, 15) is 23.8 Å². The van der Waals surface area contributed by atoms with Gasteiger partial charge in [-0.05, 0) is 24.3 Å². The van der Waals surface area contributed by atoms with Crippen molar-refractivity contribution in [2.75, 3.05) is 30.4 Å². The molecule has 4 atom stereocenters. The minimum absolute atomic E-state index is 0.0448. The highest BCUT2D eigenvalue weighted by molar-refractivity contribution is 7.99. The first-order chi connectivity index (χ1) is 20.1. The molecule has 4 heterocycles. The third-order valence-electron chi connectivity index (χ3n) is 6.65. The summed E-state index contributed by atoms with van der Waals surface area (Å²) in [4.78, 5) is 45.6. The van der Waals surface area contributed by atoms with Crippen molar-refractivity contribution in [3.8, 4) is 0 Å². The highest BCUT2D eigenvalue weighted by atomic mass is 32.2. The van der Waals surface area contributed by atoms with Gasteiger partial charge in [-0.15, -0.1) is 0 Å². The number of aromatic nitrogens is 4. The number of nitrogens with two attached hydrogens (primary N) is 1. The molecule has 0 radical (unpaired) electrons. The van der Waals surface area contributed by atoms with E-state index in [2.05, 4.69) is 15.0 Å². The van der Waals surface area contributed by atoms with Crippen LogP contribution in [0.4, 0.5) is 17.2 Å². The summed E-state index contributed by atoms with van der Waals surface area (Å²) >= 11 is 1.64. The second-order valence-corrected chi connectivity index (χ2v) is 13.1. The van der Waals surface area contributed by atoms with Crippen LogP contribution in [0, 0.1) is 0 Å². The van der Waals surface area contributed by atoms with Crippen LogP contribution in [0.3, 0.4) is 0 Å². The van der Waals surface area contributed by atoms with E-state index in [1.54, 1.807) is 11.8 Å². The number of ether oxygens (including phenoxy) is 1. The lowest BCUT2D eigenvalue weighted by molar-refractivity contribution is -0.0431. The second kappa shape index (κ2) is 11.7. The first-order valence-corrected chi connectivity index (χ1v) is 16.5. The van der Waals surface area contributed by atoms with E-state index in [0.717, 1.165) is 21.2 Å². The van der Waals surface area contributed by atoms with Crippen molar-refractivity contribution >= 4 is 55.8 Å². The number of rotatable bonds is 10. The van der Waals surface area contributed by atoms with E-state index in [0.29, 0.717) is 11.2 Å². The van der Waals surface area contributed by atoms with E-state index >= 15 is 0 Å². The summed E-state index contributed by atoms with van der Waals surface area (Å²) in [6.07, 6.45) is -0.572. The van der Waals surface area contributed by atoms with Crippen LogP contribution >= 0.6 is 27.4 Å². The molecule has 0 saturated carbocycles. The summed E-state index contributed by atoms with van der Waals surface area (Å²) in [5.41, 5.74) is 8.39. The molecule has 6 rings (SSSR count). The maximum atomic E-state index is 12.8. The fourth-order valence-corrected chi connectivity index (χ4v) is 7.26. The molecule has 1 unspecified atom stereocenters. The quantitative estimate of drug-likeness (QED) is 0.184. The Hall–Kier alpha value is -2.88. The zero-order valence-electron chi connectivity index (χ0n) is 21.7. The third kappa shape index (κ3) is 6.24. The van der Waals surface area contributed by atoms with Crippen LogP contribution in [0.25, 0.3) is 11.2 Å². The van der Waals surface area contributed by atoms with Crippen LogP contribution in [0.15, 0.2) is 71.0 Å². The molecule has 0 spiro atoms. The summed E-state index contributed by atoms with van der Waals surface area (Å²) in [5.74, 6) is 0.147. The molecule has 2 aromatic carbocycles. The van der Waals surface area contributed by atoms with Gasteiger partial charge in [0, 0.05) is 22.8 Å². The monoisotopic (exact) mass is 636 g/mol. The maximum absolute atomic E-state index is 12.8. The Bertz CT molecular complexity index is 1660. The lowest BCUT2D eigenvalue weighted by Gasteiger charge is -2.32. The first kappa shape index (κ1) is 29.2. The normalized spacial score (nSPS) is 21.7. The summed E-state index contributed by atoms with van der Waals surface area (Å²) in [7, 11) is -9.54. The SMILES string of the molecule is Nc1ncnc2c1ncn2[C@H]1C[C@H](OP(=O)(O)O)[C@@H](COP(=O)(O)OCCN2c3ccccc3Sc3ccccc32)O1. The largest absolute Gasteiger partial charge is 0.472 e. The smallest absolute Gasteiger partial charge is 0.382 e. The number of anilines is 3. The molecule has 222 valence electrons. The fraction of sp³-hybridized carbons (Fsp3) is 0.292. The summed E-state index contributed by atoms with van der Waals surface area (Å²) in [6, 6.07) is 15.7. The number of benzene rings is 2. The molecule has 0 amide bonds. The molecule has 2 aromatic heterocycles. The van der Waals surface area contributed by atoms with Crippen LogP contribution in [-0.4, -0.2) is 66.2 Å². The topological polar surface area (TPSA) is 205 Å². The Morgan fingerprint density at radius 2 is 1.69 bits per heavy atom.